The highest BCUT2D eigenvalue weighted by atomic mass is 16.7. The first-order valence-corrected chi connectivity index (χ1v) is 26.7. The van der Waals surface area contributed by atoms with E-state index in [0.29, 0.717) is 25.9 Å². The van der Waals surface area contributed by atoms with Crippen molar-refractivity contribution in [2.45, 2.75) is 249 Å². The van der Waals surface area contributed by atoms with E-state index in [1.807, 2.05) is 18.2 Å². The summed E-state index contributed by atoms with van der Waals surface area (Å²) in [6.07, 6.45) is 48.5. The van der Waals surface area contributed by atoms with Gasteiger partial charge in [-0.3, -0.25) is 9.59 Å². The first-order valence-electron chi connectivity index (χ1n) is 26.7. The Morgan fingerprint density at radius 2 is 1.03 bits per heavy atom. The molecule has 7 atom stereocenters. The van der Waals surface area contributed by atoms with E-state index in [1.165, 1.54) is 89.9 Å². The number of carbonyl (C=O) groups is 2. The number of ether oxygens (including phenoxy) is 3. The lowest BCUT2D eigenvalue weighted by Gasteiger charge is -2.40. The zero-order chi connectivity index (χ0) is 48.8. The molecule has 0 radical (unpaired) electrons. The lowest BCUT2D eigenvalue weighted by atomic mass is 9.99. The molecule has 0 spiro atoms. The van der Waals surface area contributed by atoms with Gasteiger partial charge in [-0.2, -0.15) is 0 Å². The van der Waals surface area contributed by atoms with Crippen molar-refractivity contribution in [2.24, 2.45) is 0 Å². The Kier molecular flexibility index (Phi) is 42.2. The van der Waals surface area contributed by atoms with Crippen LogP contribution in [-0.2, 0) is 23.8 Å². The topological polar surface area (TPSA) is 175 Å². The van der Waals surface area contributed by atoms with E-state index in [1.54, 1.807) is 6.08 Å². The van der Waals surface area contributed by atoms with Crippen LogP contribution >= 0.6 is 0 Å². The van der Waals surface area contributed by atoms with Crippen LogP contribution in [0.25, 0.3) is 0 Å². The van der Waals surface area contributed by atoms with Crippen LogP contribution in [-0.4, -0.2) is 100 Å². The molecule has 6 N–H and O–H groups in total. The Morgan fingerprint density at radius 3 is 1.63 bits per heavy atom. The molecule has 1 rings (SSSR count). The fraction of sp³-hybridized carbons (Fsp3) is 0.750. The first-order chi connectivity index (χ1) is 32.7. The van der Waals surface area contributed by atoms with Gasteiger partial charge in [-0.05, 0) is 103 Å². The van der Waals surface area contributed by atoms with Gasteiger partial charge in [0.1, 0.15) is 24.4 Å². The van der Waals surface area contributed by atoms with Gasteiger partial charge in [0.15, 0.2) is 6.29 Å². The van der Waals surface area contributed by atoms with Gasteiger partial charge in [-0.25, -0.2) is 0 Å². The van der Waals surface area contributed by atoms with Crippen LogP contribution in [0.4, 0.5) is 0 Å². The molecule has 0 aliphatic carbocycles. The molecule has 0 aromatic carbocycles. The van der Waals surface area contributed by atoms with E-state index in [2.05, 4.69) is 67.8 Å². The Labute approximate surface area is 407 Å². The first kappa shape index (κ1) is 62.1. The Bertz CT molecular complexity index is 1340. The molecule has 0 saturated carbocycles. The van der Waals surface area contributed by atoms with Crippen molar-refractivity contribution in [3.05, 3.63) is 72.9 Å². The van der Waals surface area contributed by atoms with Crippen LogP contribution in [0.5, 0.6) is 0 Å². The van der Waals surface area contributed by atoms with Crippen LogP contribution in [0.1, 0.15) is 206 Å². The largest absolute Gasteiger partial charge is 0.466 e. The smallest absolute Gasteiger partial charge is 0.305 e. The van der Waals surface area contributed by atoms with Crippen LogP contribution in [0, 0.1) is 0 Å². The molecule has 7 unspecified atom stereocenters. The van der Waals surface area contributed by atoms with E-state index >= 15 is 0 Å². The van der Waals surface area contributed by atoms with Gasteiger partial charge in [0, 0.05) is 12.8 Å². The summed E-state index contributed by atoms with van der Waals surface area (Å²) in [5.74, 6) is -0.333. The maximum Gasteiger partial charge on any atom is 0.305 e. The molecule has 1 aliphatic heterocycles. The van der Waals surface area contributed by atoms with Crippen molar-refractivity contribution in [3.63, 3.8) is 0 Å². The number of aliphatic hydroxyl groups excluding tert-OH is 5. The molecule has 0 bridgehead atoms. The van der Waals surface area contributed by atoms with Crippen LogP contribution < -0.4 is 5.32 Å². The van der Waals surface area contributed by atoms with Crippen LogP contribution in [0.15, 0.2) is 72.9 Å². The summed E-state index contributed by atoms with van der Waals surface area (Å²) >= 11 is 0. The van der Waals surface area contributed by atoms with E-state index < -0.39 is 49.5 Å². The molecular formula is C56H97NO10. The molecule has 1 heterocycles. The van der Waals surface area contributed by atoms with Crippen molar-refractivity contribution >= 4 is 11.9 Å². The van der Waals surface area contributed by atoms with E-state index in [-0.39, 0.29) is 24.9 Å². The third-order valence-electron chi connectivity index (χ3n) is 12.0. The number of carbonyl (C=O) groups excluding carboxylic acids is 2. The Hall–Kier alpha value is -2.90. The number of nitrogens with one attached hydrogen (secondary N) is 1. The summed E-state index contributed by atoms with van der Waals surface area (Å²) < 4.78 is 16.6. The summed E-state index contributed by atoms with van der Waals surface area (Å²) in [5.41, 5.74) is 0. The molecule has 1 amide bonds. The zero-order valence-electron chi connectivity index (χ0n) is 42.1. The lowest BCUT2D eigenvalue weighted by Crippen LogP contribution is -2.60. The number of allylic oxidation sites excluding steroid dienone is 11. The minimum atomic E-state index is -1.60. The van der Waals surface area contributed by atoms with Gasteiger partial charge in [0.05, 0.1) is 32.0 Å². The van der Waals surface area contributed by atoms with Crippen molar-refractivity contribution in [1.29, 1.82) is 0 Å². The van der Waals surface area contributed by atoms with Gasteiger partial charge < -0.3 is 45.1 Å². The number of rotatable bonds is 44. The van der Waals surface area contributed by atoms with E-state index in [0.717, 1.165) is 77.0 Å². The number of hydrogen-bond donors (Lipinski definition) is 6. The summed E-state index contributed by atoms with van der Waals surface area (Å²) in [6, 6.07) is -0.880. The van der Waals surface area contributed by atoms with Gasteiger partial charge in [0.2, 0.25) is 5.91 Å². The fourth-order valence-corrected chi connectivity index (χ4v) is 7.68. The Balaban J connectivity index is 2.27. The SMILES string of the molecule is CCCCC/C=C\CCCCCCCC(=O)OCCCCCCCC/C=C\C/C=C\CCC(=O)NC(COC1OC(CO)C(O)C(O)C1O)C(O)/C=C/CC/C=C/CC/C=C/CCCCCC. The molecule has 11 heteroatoms. The normalized spacial score (nSPS) is 20.1. The third kappa shape index (κ3) is 35.8. The van der Waals surface area contributed by atoms with Gasteiger partial charge in [-0.15, -0.1) is 0 Å². The molecule has 1 saturated heterocycles. The standard InChI is InChI=1S/C56H97NO10/c1-3-5-7-9-11-13-15-17-19-22-26-30-34-38-42-49(59)48(47-66-56-55(64)54(63)53(62)50(46-58)67-56)57-51(60)43-39-35-31-27-23-20-18-21-25-29-33-37-41-45-65-52(61)44-40-36-32-28-24-16-14-12-10-8-6-4-2/h12-15,20,22-23,26,31,35,38,42,48-50,53-56,58-59,62-64H,3-11,16-19,21,24-25,27-30,32-34,36-37,39-41,43-47H2,1-2H3,(H,57,60)/b14-12-,15-13+,23-20-,26-22+,35-31-,42-38+. The van der Waals surface area contributed by atoms with Crippen molar-refractivity contribution in [3.8, 4) is 0 Å². The van der Waals surface area contributed by atoms with Crippen LogP contribution in [0.3, 0.4) is 0 Å². The molecule has 386 valence electrons. The highest BCUT2D eigenvalue weighted by molar-refractivity contribution is 5.76. The number of amides is 1. The molecule has 0 aromatic rings. The molecular weight excluding hydrogens is 847 g/mol. The fourth-order valence-electron chi connectivity index (χ4n) is 7.68. The molecule has 1 fully saturated rings. The number of aliphatic hydroxyl groups is 5. The molecule has 11 nitrogen and oxygen atoms in total. The van der Waals surface area contributed by atoms with E-state index in [9.17, 15) is 35.1 Å². The zero-order valence-corrected chi connectivity index (χ0v) is 42.1. The predicted octanol–water partition coefficient (Wildman–Crippen LogP) is 11.3. The number of unbranched alkanes of at least 4 members (excludes halogenated alkanes) is 20. The highest BCUT2D eigenvalue weighted by Gasteiger charge is 2.44. The number of hydrogen-bond acceptors (Lipinski definition) is 10. The molecule has 1 aliphatic rings. The maximum atomic E-state index is 13.0. The highest BCUT2D eigenvalue weighted by Crippen LogP contribution is 2.22. The van der Waals surface area contributed by atoms with Crippen molar-refractivity contribution < 1.29 is 49.3 Å². The monoisotopic (exact) mass is 944 g/mol. The second-order valence-corrected chi connectivity index (χ2v) is 18.2. The second-order valence-electron chi connectivity index (χ2n) is 18.2. The minimum absolute atomic E-state index is 0.0525. The average molecular weight is 944 g/mol. The van der Waals surface area contributed by atoms with Crippen molar-refractivity contribution in [2.75, 3.05) is 19.8 Å². The quantitative estimate of drug-likeness (QED) is 0.0196. The van der Waals surface area contributed by atoms with Crippen LogP contribution in [0.2, 0.25) is 0 Å². The summed E-state index contributed by atoms with van der Waals surface area (Å²) in [7, 11) is 0. The van der Waals surface area contributed by atoms with Gasteiger partial charge >= 0.3 is 5.97 Å². The van der Waals surface area contributed by atoms with Gasteiger partial charge in [0.25, 0.3) is 0 Å². The Morgan fingerprint density at radius 1 is 0.552 bits per heavy atom. The number of esters is 1. The second kappa shape index (κ2) is 45.5. The lowest BCUT2D eigenvalue weighted by molar-refractivity contribution is -0.302. The summed E-state index contributed by atoms with van der Waals surface area (Å²) in [4.78, 5) is 25.0. The minimum Gasteiger partial charge on any atom is -0.466 e. The van der Waals surface area contributed by atoms with E-state index in [4.69, 9.17) is 14.2 Å². The molecule has 0 aromatic heterocycles. The summed E-state index contributed by atoms with van der Waals surface area (Å²) in [6.45, 7) is 4.15. The maximum absolute atomic E-state index is 13.0. The van der Waals surface area contributed by atoms with Gasteiger partial charge in [-0.1, -0.05) is 164 Å². The van der Waals surface area contributed by atoms with Crippen molar-refractivity contribution in [1.82, 2.24) is 5.32 Å². The predicted molar refractivity (Wildman–Crippen MR) is 273 cm³/mol. The average Bonchev–Trinajstić information content (AvgIpc) is 3.32. The molecule has 67 heavy (non-hydrogen) atoms. The summed E-state index contributed by atoms with van der Waals surface area (Å²) in [5, 5.41) is 54.2. The third-order valence-corrected chi connectivity index (χ3v) is 12.0.